The van der Waals surface area contributed by atoms with E-state index in [1.54, 1.807) is 0 Å². The Hall–Kier alpha value is -1.64. The first-order valence-electron chi connectivity index (χ1n) is 4.03. The Morgan fingerprint density at radius 2 is 2.15 bits per heavy atom. The highest BCUT2D eigenvalue weighted by atomic mass is 16.6. The van der Waals surface area contributed by atoms with E-state index in [4.69, 9.17) is 0 Å². The lowest BCUT2D eigenvalue weighted by molar-refractivity contribution is -0.150. The van der Waals surface area contributed by atoms with Crippen molar-refractivity contribution in [2.24, 2.45) is 0 Å². The number of hydrogen-bond donors (Lipinski definition) is 0. The van der Waals surface area contributed by atoms with Crippen LogP contribution in [0.3, 0.4) is 0 Å². The molecule has 0 aromatic heterocycles. The molecule has 0 fully saturated rings. The number of carbonyl (C=O) groups is 2. The number of cyclic esters (lactones) is 2. The van der Waals surface area contributed by atoms with Gasteiger partial charge in [0.2, 0.25) is 0 Å². The van der Waals surface area contributed by atoms with Crippen molar-refractivity contribution < 1.29 is 14.3 Å². The summed E-state index contributed by atoms with van der Waals surface area (Å²) in [7, 11) is 0. The molecule has 0 unspecified atom stereocenters. The maximum Gasteiger partial charge on any atom is 0.346 e. The first kappa shape index (κ1) is 7.98. The zero-order chi connectivity index (χ0) is 9.42. The molecule has 0 bridgehead atoms. The minimum Gasteiger partial charge on any atom is -0.386 e. The molecule has 1 heterocycles. The fourth-order valence-corrected chi connectivity index (χ4v) is 1.50. The predicted octanol–water partition coefficient (Wildman–Crippen LogP) is 1.27. The average molecular weight is 176 g/mol. The minimum atomic E-state index is -0.563. The van der Waals surface area contributed by atoms with Crippen LogP contribution in [0, 0.1) is 0 Å². The van der Waals surface area contributed by atoms with E-state index in [1.807, 2.05) is 19.1 Å². The lowest BCUT2D eigenvalue weighted by atomic mass is 10.0. The Morgan fingerprint density at radius 3 is 2.62 bits per heavy atom. The largest absolute Gasteiger partial charge is 0.386 e. The van der Waals surface area contributed by atoms with E-state index in [0.29, 0.717) is 12.0 Å². The van der Waals surface area contributed by atoms with Gasteiger partial charge in [0.25, 0.3) is 0 Å². The molecule has 13 heavy (non-hydrogen) atoms. The highest BCUT2D eigenvalue weighted by Crippen LogP contribution is 2.28. The molecule has 0 saturated heterocycles. The van der Waals surface area contributed by atoms with Gasteiger partial charge in [-0.1, -0.05) is 12.2 Å². The third-order valence-corrected chi connectivity index (χ3v) is 2.17. The minimum absolute atomic E-state index is 0.410. The van der Waals surface area contributed by atoms with Gasteiger partial charge >= 0.3 is 11.9 Å². The normalized spacial score (nSPS) is 21.2. The SMILES string of the molecule is CC1=C(C2=CC(=O)OC2=O)CC=C1. The lowest BCUT2D eigenvalue weighted by Crippen LogP contribution is -2.03. The van der Waals surface area contributed by atoms with Gasteiger partial charge in [0.15, 0.2) is 0 Å². The van der Waals surface area contributed by atoms with Crippen molar-refractivity contribution in [2.45, 2.75) is 13.3 Å². The highest BCUT2D eigenvalue weighted by molar-refractivity contribution is 6.11. The molecule has 3 heteroatoms. The first-order chi connectivity index (χ1) is 6.18. The first-order valence-corrected chi connectivity index (χ1v) is 4.03. The van der Waals surface area contributed by atoms with Gasteiger partial charge in [-0.25, -0.2) is 9.59 Å². The van der Waals surface area contributed by atoms with Crippen molar-refractivity contribution in [1.29, 1.82) is 0 Å². The summed E-state index contributed by atoms with van der Waals surface area (Å²) in [6, 6.07) is 0. The average Bonchev–Trinajstić information content (AvgIpc) is 2.58. The molecule has 0 amide bonds. The summed E-state index contributed by atoms with van der Waals surface area (Å²) in [4.78, 5) is 21.9. The topological polar surface area (TPSA) is 43.4 Å². The summed E-state index contributed by atoms with van der Waals surface area (Å²) < 4.78 is 4.40. The molecule has 0 aromatic rings. The maximum absolute atomic E-state index is 11.1. The third kappa shape index (κ3) is 1.22. The van der Waals surface area contributed by atoms with Crippen LogP contribution in [-0.4, -0.2) is 11.9 Å². The second-order valence-corrected chi connectivity index (χ2v) is 3.03. The van der Waals surface area contributed by atoms with Gasteiger partial charge in [-0.15, -0.1) is 0 Å². The van der Waals surface area contributed by atoms with Crippen LogP contribution in [0.4, 0.5) is 0 Å². The number of rotatable bonds is 1. The van der Waals surface area contributed by atoms with Crippen molar-refractivity contribution >= 4 is 11.9 Å². The summed E-state index contributed by atoms with van der Waals surface area (Å²) in [6.07, 6.45) is 5.86. The van der Waals surface area contributed by atoms with E-state index in [2.05, 4.69) is 4.74 Å². The predicted molar refractivity (Wildman–Crippen MR) is 45.6 cm³/mol. The summed E-state index contributed by atoms with van der Waals surface area (Å²) in [5, 5.41) is 0. The van der Waals surface area contributed by atoms with E-state index >= 15 is 0 Å². The van der Waals surface area contributed by atoms with Gasteiger partial charge < -0.3 is 4.74 Å². The van der Waals surface area contributed by atoms with Crippen molar-refractivity contribution in [3.05, 3.63) is 34.9 Å². The Labute approximate surface area is 75.4 Å². The van der Waals surface area contributed by atoms with Gasteiger partial charge in [0.1, 0.15) is 0 Å². The number of allylic oxidation sites excluding steroid dienone is 3. The van der Waals surface area contributed by atoms with Crippen LogP contribution in [0.25, 0.3) is 0 Å². The van der Waals surface area contributed by atoms with E-state index in [1.165, 1.54) is 6.08 Å². The molecular weight excluding hydrogens is 168 g/mol. The smallest absolute Gasteiger partial charge is 0.346 e. The molecule has 2 rings (SSSR count). The number of hydrogen-bond acceptors (Lipinski definition) is 3. The summed E-state index contributed by atoms with van der Waals surface area (Å²) in [5.41, 5.74) is 2.33. The van der Waals surface area contributed by atoms with Gasteiger partial charge in [-0.3, -0.25) is 0 Å². The molecule has 1 aliphatic heterocycles. The quantitative estimate of drug-likeness (QED) is 0.446. The molecule has 2 aliphatic rings. The summed E-state index contributed by atoms with van der Waals surface area (Å²) >= 11 is 0. The van der Waals surface area contributed by atoms with Crippen molar-refractivity contribution in [3.63, 3.8) is 0 Å². The summed E-state index contributed by atoms with van der Waals surface area (Å²) in [6.45, 7) is 1.91. The number of esters is 2. The summed E-state index contributed by atoms with van der Waals surface area (Å²) in [5.74, 6) is -1.09. The Kier molecular flexibility index (Phi) is 1.65. The molecular formula is C10H8O3. The second kappa shape index (κ2) is 2.69. The van der Waals surface area contributed by atoms with E-state index < -0.39 is 11.9 Å². The zero-order valence-corrected chi connectivity index (χ0v) is 7.16. The molecule has 0 spiro atoms. The molecule has 0 atom stereocenters. The van der Waals surface area contributed by atoms with E-state index in [0.717, 1.165) is 11.1 Å². The van der Waals surface area contributed by atoms with Gasteiger partial charge in [0.05, 0.1) is 5.57 Å². The Bertz CT molecular complexity index is 383. The molecule has 0 aromatic carbocycles. The van der Waals surface area contributed by atoms with Crippen LogP contribution in [-0.2, 0) is 14.3 Å². The standard InChI is InChI=1S/C10H8O3/c1-6-3-2-4-7(6)8-5-9(11)13-10(8)12/h2-3,5H,4H2,1H3. The van der Waals surface area contributed by atoms with Crippen LogP contribution < -0.4 is 0 Å². The zero-order valence-electron chi connectivity index (χ0n) is 7.16. The van der Waals surface area contributed by atoms with Gasteiger partial charge in [-0.05, 0) is 24.5 Å². The fraction of sp³-hybridized carbons (Fsp3) is 0.200. The van der Waals surface area contributed by atoms with Crippen molar-refractivity contribution in [2.75, 3.05) is 0 Å². The number of carbonyl (C=O) groups excluding carboxylic acids is 2. The van der Waals surface area contributed by atoms with Crippen LogP contribution in [0.5, 0.6) is 0 Å². The van der Waals surface area contributed by atoms with Crippen LogP contribution >= 0.6 is 0 Å². The van der Waals surface area contributed by atoms with E-state index in [9.17, 15) is 9.59 Å². The molecule has 66 valence electrons. The second-order valence-electron chi connectivity index (χ2n) is 3.03. The van der Waals surface area contributed by atoms with Crippen LogP contribution in [0.15, 0.2) is 34.9 Å². The Morgan fingerprint density at radius 1 is 1.38 bits per heavy atom. The van der Waals surface area contributed by atoms with Crippen molar-refractivity contribution in [3.8, 4) is 0 Å². The van der Waals surface area contributed by atoms with Crippen molar-refractivity contribution in [1.82, 2.24) is 0 Å². The van der Waals surface area contributed by atoms with Gasteiger partial charge in [0, 0.05) is 6.08 Å². The molecule has 0 radical (unpaired) electrons. The molecule has 3 nitrogen and oxygen atoms in total. The molecule has 0 N–H and O–H groups in total. The highest BCUT2D eigenvalue weighted by Gasteiger charge is 2.27. The fourth-order valence-electron chi connectivity index (χ4n) is 1.50. The Balaban J connectivity index is 2.38. The lowest BCUT2D eigenvalue weighted by Gasteiger charge is -2.00. The molecule has 1 aliphatic carbocycles. The third-order valence-electron chi connectivity index (χ3n) is 2.17. The van der Waals surface area contributed by atoms with Crippen LogP contribution in [0.2, 0.25) is 0 Å². The number of ether oxygens (including phenoxy) is 1. The maximum atomic E-state index is 11.1. The van der Waals surface area contributed by atoms with E-state index in [-0.39, 0.29) is 0 Å². The van der Waals surface area contributed by atoms with Crippen LogP contribution in [0.1, 0.15) is 13.3 Å². The molecule has 0 saturated carbocycles. The van der Waals surface area contributed by atoms with Gasteiger partial charge in [-0.2, -0.15) is 0 Å². The monoisotopic (exact) mass is 176 g/mol.